The molecule has 2 rings (SSSR count). The third-order valence-electron chi connectivity index (χ3n) is 2.44. The molecule has 1 aliphatic heterocycles. The molecule has 70 valence electrons. The molecule has 0 amide bonds. The summed E-state index contributed by atoms with van der Waals surface area (Å²) in [4.78, 5) is 0. The Labute approximate surface area is 82.6 Å². The van der Waals surface area contributed by atoms with Crippen LogP contribution in [0.2, 0.25) is 5.02 Å². The highest BCUT2D eigenvalue weighted by atomic mass is 35.5. The van der Waals surface area contributed by atoms with Crippen molar-refractivity contribution in [3.63, 3.8) is 0 Å². The SMILES string of the molecule is CC1(N)CCOc2ccc(Cl)cc21. The van der Waals surface area contributed by atoms with Crippen molar-refractivity contribution < 1.29 is 4.74 Å². The molecule has 1 aliphatic rings. The van der Waals surface area contributed by atoms with Gasteiger partial charge in [0, 0.05) is 22.5 Å². The Kier molecular flexibility index (Phi) is 1.97. The van der Waals surface area contributed by atoms with Gasteiger partial charge in [0.2, 0.25) is 0 Å². The Bertz CT molecular complexity index is 336. The predicted octanol–water partition coefficient (Wildman–Crippen LogP) is 2.30. The first-order valence-electron chi connectivity index (χ1n) is 4.31. The molecule has 2 nitrogen and oxygen atoms in total. The molecule has 1 aromatic rings. The van der Waals surface area contributed by atoms with E-state index in [4.69, 9.17) is 22.1 Å². The van der Waals surface area contributed by atoms with Crippen molar-refractivity contribution in [2.75, 3.05) is 6.61 Å². The molecule has 1 aromatic carbocycles. The van der Waals surface area contributed by atoms with Gasteiger partial charge in [-0.05, 0) is 25.1 Å². The zero-order chi connectivity index (χ0) is 9.47. The quantitative estimate of drug-likeness (QED) is 0.693. The van der Waals surface area contributed by atoms with Crippen molar-refractivity contribution in [3.05, 3.63) is 28.8 Å². The van der Waals surface area contributed by atoms with Gasteiger partial charge < -0.3 is 10.5 Å². The number of fused-ring (bicyclic) bond motifs is 1. The average molecular weight is 198 g/mol. The summed E-state index contributed by atoms with van der Waals surface area (Å²) in [5.74, 6) is 0.862. The zero-order valence-electron chi connectivity index (χ0n) is 7.51. The lowest BCUT2D eigenvalue weighted by atomic mass is 9.88. The zero-order valence-corrected chi connectivity index (χ0v) is 8.27. The number of halogens is 1. The molecule has 0 saturated heterocycles. The fraction of sp³-hybridized carbons (Fsp3) is 0.400. The predicted molar refractivity (Wildman–Crippen MR) is 53.1 cm³/mol. The van der Waals surface area contributed by atoms with Gasteiger partial charge in [0.15, 0.2) is 0 Å². The molecular weight excluding hydrogens is 186 g/mol. The van der Waals surface area contributed by atoms with Crippen LogP contribution in [0.3, 0.4) is 0 Å². The number of ether oxygens (including phenoxy) is 1. The van der Waals surface area contributed by atoms with E-state index >= 15 is 0 Å². The molecule has 1 atom stereocenters. The van der Waals surface area contributed by atoms with Crippen molar-refractivity contribution in [2.45, 2.75) is 18.9 Å². The number of rotatable bonds is 0. The van der Waals surface area contributed by atoms with Crippen molar-refractivity contribution in [1.82, 2.24) is 0 Å². The first-order chi connectivity index (χ1) is 6.09. The van der Waals surface area contributed by atoms with Crippen molar-refractivity contribution in [2.24, 2.45) is 5.73 Å². The van der Waals surface area contributed by atoms with Crippen LogP contribution in [0.4, 0.5) is 0 Å². The average Bonchev–Trinajstić information content (AvgIpc) is 2.06. The van der Waals surface area contributed by atoms with Crippen molar-refractivity contribution in [3.8, 4) is 5.75 Å². The van der Waals surface area contributed by atoms with Crippen molar-refractivity contribution >= 4 is 11.6 Å². The third kappa shape index (κ3) is 1.52. The first kappa shape index (κ1) is 8.85. The maximum Gasteiger partial charge on any atom is 0.124 e. The van der Waals surface area contributed by atoms with E-state index in [1.807, 2.05) is 25.1 Å². The van der Waals surface area contributed by atoms with Gasteiger partial charge in [0.1, 0.15) is 5.75 Å². The van der Waals surface area contributed by atoms with E-state index in [0.29, 0.717) is 11.6 Å². The van der Waals surface area contributed by atoms with Gasteiger partial charge in [-0.2, -0.15) is 0 Å². The standard InChI is InChI=1S/C10H12ClNO/c1-10(12)4-5-13-9-3-2-7(11)6-8(9)10/h2-3,6H,4-5,12H2,1H3. The minimum Gasteiger partial charge on any atom is -0.493 e. The van der Waals surface area contributed by atoms with Crippen LogP contribution in [0, 0.1) is 0 Å². The molecular formula is C10H12ClNO. The lowest BCUT2D eigenvalue weighted by molar-refractivity contribution is 0.227. The number of nitrogens with two attached hydrogens (primary N) is 1. The Morgan fingerprint density at radius 1 is 1.54 bits per heavy atom. The van der Waals surface area contributed by atoms with Crippen LogP contribution in [-0.4, -0.2) is 6.61 Å². The van der Waals surface area contributed by atoms with Gasteiger partial charge in [0.25, 0.3) is 0 Å². The molecule has 13 heavy (non-hydrogen) atoms. The van der Waals surface area contributed by atoms with E-state index in [9.17, 15) is 0 Å². The monoisotopic (exact) mass is 197 g/mol. The highest BCUT2D eigenvalue weighted by molar-refractivity contribution is 6.30. The Balaban J connectivity index is 2.55. The van der Waals surface area contributed by atoms with Crippen LogP contribution >= 0.6 is 11.6 Å². The molecule has 0 aliphatic carbocycles. The molecule has 1 unspecified atom stereocenters. The molecule has 0 radical (unpaired) electrons. The lowest BCUT2D eigenvalue weighted by Gasteiger charge is -2.32. The Morgan fingerprint density at radius 3 is 3.08 bits per heavy atom. The molecule has 2 N–H and O–H groups in total. The number of hydrogen-bond donors (Lipinski definition) is 1. The summed E-state index contributed by atoms with van der Waals surface area (Å²) >= 11 is 5.89. The van der Waals surface area contributed by atoms with Gasteiger partial charge in [-0.3, -0.25) is 0 Å². The highest BCUT2D eigenvalue weighted by Gasteiger charge is 2.29. The normalized spacial score (nSPS) is 26.4. The maximum absolute atomic E-state index is 6.12. The minimum absolute atomic E-state index is 0.307. The molecule has 3 heteroatoms. The molecule has 0 saturated carbocycles. The fourth-order valence-electron chi connectivity index (χ4n) is 1.58. The first-order valence-corrected chi connectivity index (χ1v) is 4.69. The largest absolute Gasteiger partial charge is 0.493 e. The minimum atomic E-state index is -0.307. The van der Waals surface area contributed by atoms with E-state index in [1.54, 1.807) is 0 Å². The Hall–Kier alpha value is -0.730. The molecule has 0 bridgehead atoms. The van der Waals surface area contributed by atoms with E-state index in [1.165, 1.54) is 0 Å². The second-order valence-corrected chi connectivity index (χ2v) is 4.09. The second kappa shape index (κ2) is 2.89. The third-order valence-corrected chi connectivity index (χ3v) is 2.67. The number of benzene rings is 1. The topological polar surface area (TPSA) is 35.2 Å². The van der Waals surface area contributed by atoms with Crippen LogP contribution in [0.5, 0.6) is 5.75 Å². The molecule has 1 heterocycles. The van der Waals surface area contributed by atoms with Crippen molar-refractivity contribution in [1.29, 1.82) is 0 Å². The van der Waals surface area contributed by atoms with Crippen LogP contribution < -0.4 is 10.5 Å². The smallest absolute Gasteiger partial charge is 0.124 e. The Morgan fingerprint density at radius 2 is 2.31 bits per heavy atom. The van der Waals surface area contributed by atoms with Crippen LogP contribution in [0.25, 0.3) is 0 Å². The summed E-state index contributed by atoms with van der Waals surface area (Å²) in [6.07, 6.45) is 0.834. The van der Waals surface area contributed by atoms with Gasteiger partial charge in [-0.25, -0.2) is 0 Å². The van der Waals surface area contributed by atoms with E-state index in [0.717, 1.165) is 17.7 Å². The summed E-state index contributed by atoms with van der Waals surface area (Å²) in [5.41, 5.74) is 6.82. The summed E-state index contributed by atoms with van der Waals surface area (Å²) in [5, 5.41) is 0.709. The van der Waals surface area contributed by atoms with Gasteiger partial charge in [-0.15, -0.1) is 0 Å². The molecule has 0 aromatic heterocycles. The molecule has 0 fully saturated rings. The maximum atomic E-state index is 6.12. The summed E-state index contributed by atoms with van der Waals surface area (Å²) in [7, 11) is 0. The van der Waals surface area contributed by atoms with Crippen LogP contribution in [0.15, 0.2) is 18.2 Å². The van der Waals surface area contributed by atoms with E-state index < -0.39 is 0 Å². The van der Waals surface area contributed by atoms with Gasteiger partial charge in [-0.1, -0.05) is 11.6 Å². The lowest BCUT2D eigenvalue weighted by Crippen LogP contribution is -2.38. The second-order valence-electron chi connectivity index (χ2n) is 3.66. The van der Waals surface area contributed by atoms with Gasteiger partial charge >= 0.3 is 0 Å². The number of hydrogen-bond acceptors (Lipinski definition) is 2. The van der Waals surface area contributed by atoms with E-state index in [2.05, 4.69) is 0 Å². The fourth-order valence-corrected chi connectivity index (χ4v) is 1.75. The molecule has 0 spiro atoms. The van der Waals surface area contributed by atoms with E-state index in [-0.39, 0.29) is 5.54 Å². The summed E-state index contributed by atoms with van der Waals surface area (Å²) in [6.45, 7) is 2.69. The summed E-state index contributed by atoms with van der Waals surface area (Å²) in [6, 6.07) is 5.58. The van der Waals surface area contributed by atoms with Crippen LogP contribution in [-0.2, 0) is 5.54 Å². The van der Waals surface area contributed by atoms with Gasteiger partial charge in [0.05, 0.1) is 6.61 Å². The highest BCUT2D eigenvalue weighted by Crippen LogP contribution is 2.36. The van der Waals surface area contributed by atoms with Crippen LogP contribution in [0.1, 0.15) is 18.9 Å². The summed E-state index contributed by atoms with van der Waals surface area (Å²) < 4.78 is 5.48.